The predicted molar refractivity (Wildman–Crippen MR) is 82.9 cm³/mol. The summed E-state index contributed by atoms with van der Waals surface area (Å²) in [7, 11) is 0. The number of carbonyl (C=O) groups excluding carboxylic acids is 1. The van der Waals surface area contributed by atoms with Gasteiger partial charge in [0.25, 0.3) is 5.91 Å². The first-order valence-corrected chi connectivity index (χ1v) is 7.80. The van der Waals surface area contributed by atoms with E-state index in [1.807, 2.05) is 31.2 Å². The summed E-state index contributed by atoms with van der Waals surface area (Å²) >= 11 is 1.45. The van der Waals surface area contributed by atoms with Crippen molar-refractivity contribution < 1.29 is 14.7 Å². The van der Waals surface area contributed by atoms with Gasteiger partial charge in [0.1, 0.15) is 5.54 Å². The van der Waals surface area contributed by atoms with E-state index in [1.165, 1.54) is 16.2 Å². The van der Waals surface area contributed by atoms with Gasteiger partial charge in [0.05, 0.1) is 4.88 Å². The van der Waals surface area contributed by atoms with Crippen LogP contribution in [0.2, 0.25) is 0 Å². The van der Waals surface area contributed by atoms with Crippen molar-refractivity contribution in [2.75, 3.05) is 6.54 Å². The van der Waals surface area contributed by atoms with Gasteiger partial charge < -0.3 is 10.0 Å². The van der Waals surface area contributed by atoms with Gasteiger partial charge in [-0.05, 0) is 43.7 Å². The number of nitrogens with zero attached hydrogens (tertiary/aromatic N) is 1. The Morgan fingerprint density at radius 2 is 2.05 bits per heavy atom. The molecule has 1 atom stereocenters. The van der Waals surface area contributed by atoms with Gasteiger partial charge in [0, 0.05) is 11.2 Å². The number of hydrogen-bond acceptors (Lipinski definition) is 3. The molecule has 1 saturated heterocycles. The molecule has 0 bridgehead atoms. The Bertz CT molecular complexity index is 736. The number of amides is 1. The van der Waals surface area contributed by atoms with Gasteiger partial charge in [-0.15, -0.1) is 11.3 Å². The maximum absolute atomic E-state index is 12.8. The molecular weight excluding hydrogens is 286 g/mol. The molecule has 1 amide bonds. The van der Waals surface area contributed by atoms with Crippen LogP contribution in [0.25, 0.3) is 10.1 Å². The minimum Gasteiger partial charge on any atom is -0.480 e. The highest BCUT2D eigenvalue weighted by Gasteiger charge is 2.46. The molecule has 3 rings (SSSR count). The second-order valence-electron chi connectivity index (χ2n) is 5.69. The van der Waals surface area contributed by atoms with Gasteiger partial charge in [0.2, 0.25) is 0 Å². The molecule has 1 N–H and O–H groups in total. The van der Waals surface area contributed by atoms with E-state index in [-0.39, 0.29) is 5.91 Å². The summed E-state index contributed by atoms with van der Waals surface area (Å²) in [5.41, 5.74) is -0.139. The summed E-state index contributed by atoms with van der Waals surface area (Å²) < 4.78 is 1.06. The van der Waals surface area contributed by atoms with E-state index in [0.29, 0.717) is 17.8 Å². The van der Waals surface area contributed by atoms with Crippen LogP contribution in [0.15, 0.2) is 24.3 Å². The third kappa shape index (κ3) is 2.03. The number of rotatable bonds is 2. The molecule has 1 aliphatic rings. The summed E-state index contributed by atoms with van der Waals surface area (Å²) in [5, 5.41) is 10.5. The highest BCUT2D eigenvalue weighted by atomic mass is 32.1. The molecule has 1 aromatic carbocycles. The molecule has 21 heavy (non-hydrogen) atoms. The van der Waals surface area contributed by atoms with Gasteiger partial charge in [0.15, 0.2) is 0 Å². The van der Waals surface area contributed by atoms with Crippen LogP contribution in [0.4, 0.5) is 0 Å². The highest BCUT2D eigenvalue weighted by Crippen LogP contribution is 2.36. The number of carbonyl (C=O) groups is 2. The van der Waals surface area contributed by atoms with Gasteiger partial charge in [-0.1, -0.05) is 18.2 Å². The maximum atomic E-state index is 12.8. The van der Waals surface area contributed by atoms with Crippen LogP contribution in [-0.2, 0) is 4.79 Å². The Balaban J connectivity index is 2.05. The first-order valence-electron chi connectivity index (χ1n) is 6.98. The summed E-state index contributed by atoms with van der Waals surface area (Å²) in [6.07, 6.45) is 1.25. The SMILES string of the molecule is Cc1c(C(=O)N2CCCC2(C)C(=O)O)sc2ccccc12. The molecular formula is C16H17NO3S. The fourth-order valence-corrected chi connectivity index (χ4v) is 4.17. The molecule has 1 aliphatic heterocycles. The Morgan fingerprint density at radius 3 is 2.71 bits per heavy atom. The lowest BCUT2D eigenvalue weighted by Crippen LogP contribution is -2.50. The molecule has 0 aliphatic carbocycles. The zero-order chi connectivity index (χ0) is 15.2. The normalized spacial score (nSPS) is 21.9. The molecule has 0 radical (unpaired) electrons. The second kappa shape index (κ2) is 4.84. The molecule has 4 nitrogen and oxygen atoms in total. The van der Waals surface area contributed by atoms with Gasteiger partial charge in [-0.3, -0.25) is 4.79 Å². The lowest BCUT2D eigenvalue weighted by molar-refractivity contribution is -0.147. The summed E-state index contributed by atoms with van der Waals surface area (Å²) in [6, 6.07) is 7.89. The van der Waals surface area contributed by atoms with E-state index in [2.05, 4.69) is 0 Å². The Morgan fingerprint density at radius 1 is 1.33 bits per heavy atom. The van der Waals surface area contributed by atoms with Crippen LogP contribution in [0.5, 0.6) is 0 Å². The maximum Gasteiger partial charge on any atom is 0.329 e. The highest BCUT2D eigenvalue weighted by molar-refractivity contribution is 7.21. The average Bonchev–Trinajstić information content (AvgIpc) is 3.01. The summed E-state index contributed by atoms with van der Waals surface area (Å²) in [5.74, 6) is -1.08. The zero-order valence-corrected chi connectivity index (χ0v) is 12.9. The largest absolute Gasteiger partial charge is 0.480 e. The van der Waals surface area contributed by atoms with Crippen LogP contribution >= 0.6 is 11.3 Å². The van der Waals surface area contributed by atoms with Crippen LogP contribution in [-0.4, -0.2) is 34.0 Å². The van der Waals surface area contributed by atoms with Crippen molar-refractivity contribution in [2.24, 2.45) is 0 Å². The average molecular weight is 303 g/mol. The first-order chi connectivity index (χ1) is 9.95. The zero-order valence-electron chi connectivity index (χ0n) is 12.0. The van der Waals surface area contributed by atoms with E-state index in [9.17, 15) is 14.7 Å². The number of fused-ring (bicyclic) bond motifs is 1. The molecule has 1 unspecified atom stereocenters. The van der Waals surface area contributed by atoms with Crippen molar-refractivity contribution in [3.05, 3.63) is 34.7 Å². The quantitative estimate of drug-likeness (QED) is 0.926. The monoisotopic (exact) mass is 303 g/mol. The standard InChI is InChI=1S/C16H17NO3S/c1-10-11-6-3-4-7-12(11)21-13(10)14(18)17-9-5-8-16(17,2)15(19)20/h3-4,6-7H,5,8-9H2,1-2H3,(H,19,20). The number of benzene rings is 1. The third-order valence-corrected chi connectivity index (χ3v) is 5.65. The van der Waals surface area contributed by atoms with Crippen LogP contribution in [0, 0.1) is 6.92 Å². The number of likely N-dealkylation sites (tertiary alicyclic amines) is 1. The number of aryl methyl sites for hydroxylation is 1. The fourth-order valence-electron chi connectivity index (χ4n) is 3.01. The number of hydrogen-bond donors (Lipinski definition) is 1. The Labute approximate surface area is 127 Å². The van der Waals surface area contributed by atoms with Crippen molar-refractivity contribution >= 4 is 33.3 Å². The minimum absolute atomic E-state index is 0.156. The number of aliphatic carboxylic acids is 1. The summed E-state index contributed by atoms with van der Waals surface area (Å²) in [6.45, 7) is 4.08. The van der Waals surface area contributed by atoms with Crippen molar-refractivity contribution in [3.8, 4) is 0 Å². The topological polar surface area (TPSA) is 57.6 Å². The second-order valence-corrected chi connectivity index (χ2v) is 6.74. The summed E-state index contributed by atoms with van der Waals surface area (Å²) in [4.78, 5) is 26.5. The van der Waals surface area contributed by atoms with E-state index in [0.717, 1.165) is 22.1 Å². The molecule has 5 heteroatoms. The van der Waals surface area contributed by atoms with Gasteiger partial charge in [-0.2, -0.15) is 0 Å². The van der Waals surface area contributed by atoms with Crippen LogP contribution < -0.4 is 0 Å². The third-order valence-electron chi connectivity index (χ3n) is 4.38. The number of carboxylic acid groups (broad SMARTS) is 1. The van der Waals surface area contributed by atoms with Crippen LogP contribution in [0.1, 0.15) is 35.0 Å². The van der Waals surface area contributed by atoms with Gasteiger partial charge >= 0.3 is 5.97 Å². The first kappa shape index (κ1) is 14.1. The molecule has 0 saturated carbocycles. The van der Waals surface area contributed by atoms with E-state index in [4.69, 9.17) is 0 Å². The van der Waals surface area contributed by atoms with E-state index in [1.54, 1.807) is 6.92 Å². The molecule has 0 spiro atoms. The number of thiophene rings is 1. The molecule has 2 aromatic rings. The molecule has 110 valence electrons. The van der Waals surface area contributed by atoms with Crippen molar-refractivity contribution in [2.45, 2.75) is 32.2 Å². The lowest BCUT2D eigenvalue weighted by atomic mass is 9.99. The Hall–Kier alpha value is -1.88. The fraction of sp³-hybridized carbons (Fsp3) is 0.375. The lowest BCUT2D eigenvalue weighted by Gasteiger charge is -2.31. The molecule has 1 fully saturated rings. The number of carboxylic acids is 1. The molecule has 1 aromatic heterocycles. The van der Waals surface area contributed by atoms with Crippen molar-refractivity contribution in [3.63, 3.8) is 0 Å². The van der Waals surface area contributed by atoms with Gasteiger partial charge in [-0.25, -0.2) is 4.79 Å². The van der Waals surface area contributed by atoms with Crippen LogP contribution in [0.3, 0.4) is 0 Å². The Kier molecular flexibility index (Phi) is 3.24. The smallest absolute Gasteiger partial charge is 0.329 e. The van der Waals surface area contributed by atoms with Crippen molar-refractivity contribution in [1.82, 2.24) is 4.90 Å². The minimum atomic E-state index is -1.08. The van der Waals surface area contributed by atoms with Crippen molar-refractivity contribution in [1.29, 1.82) is 0 Å². The van der Waals surface area contributed by atoms with E-state index >= 15 is 0 Å². The van der Waals surface area contributed by atoms with E-state index < -0.39 is 11.5 Å². The molecule has 2 heterocycles. The predicted octanol–water partition coefficient (Wildman–Crippen LogP) is 3.29.